The molecule has 1 atom stereocenters. The number of carbonyl (C=O) groups is 1. The average molecular weight is 327 g/mol. The Balaban J connectivity index is 1.79. The highest BCUT2D eigenvalue weighted by Gasteiger charge is 2.18. The molecule has 0 spiro atoms. The van der Waals surface area contributed by atoms with Gasteiger partial charge in [0, 0.05) is 13.0 Å². The summed E-state index contributed by atoms with van der Waals surface area (Å²) >= 11 is 0. The molecule has 2 N–H and O–H groups in total. The number of halogens is 2. The van der Waals surface area contributed by atoms with E-state index in [4.69, 9.17) is 0 Å². The monoisotopic (exact) mass is 327 g/mol. The van der Waals surface area contributed by atoms with Crippen LogP contribution in [0.15, 0.2) is 24.3 Å². The van der Waals surface area contributed by atoms with Crippen molar-refractivity contribution < 1.29 is 23.4 Å². The summed E-state index contributed by atoms with van der Waals surface area (Å²) in [7, 11) is 0. The highest BCUT2D eigenvalue weighted by molar-refractivity contribution is 5.76. The molecule has 0 bridgehead atoms. The fraction of sp³-hybridized carbons (Fsp3) is 0.588. The Morgan fingerprint density at radius 2 is 2.04 bits per heavy atom. The number of rotatable bonds is 7. The number of hydrogen-bond donors (Lipinski definition) is 2. The van der Waals surface area contributed by atoms with Crippen molar-refractivity contribution in [1.82, 2.24) is 5.32 Å². The van der Waals surface area contributed by atoms with Crippen molar-refractivity contribution >= 4 is 5.91 Å². The Kier molecular flexibility index (Phi) is 6.77. The summed E-state index contributed by atoms with van der Waals surface area (Å²) in [5.41, 5.74) is 0.432. The van der Waals surface area contributed by atoms with E-state index in [9.17, 15) is 18.7 Å². The second kappa shape index (κ2) is 8.82. The number of nitrogens with one attached hydrogen (secondary N) is 1. The number of aliphatic hydroxyl groups is 1. The Morgan fingerprint density at radius 1 is 1.30 bits per heavy atom. The van der Waals surface area contributed by atoms with Crippen LogP contribution < -0.4 is 10.1 Å². The van der Waals surface area contributed by atoms with Crippen molar-refractivity contribution in [2.24, 2.45) is 5.92 Å². The molecule has 0 aliphatic heterocycles. The molecular formula is C17H23F2NO3. The molecule has 1 aliphatic rings. The third-order valence-corrected chi connectivity index (χ3v) is 4.16. The Bertz CT molecular complexity index is 504. The summed E-state index contributed by atoms with van der Waals surface area (Å²) in [5, 5.41) is 12.8. The van der Waals surface area contributed by atoms with E-state index in [0.29, 0.717) is 17.9 Å². The van der Waals surface area contributed by atoms with Gasteiger partial charge in [0.05, 0.1) is 6.10 Å². The Labute approximate surface area is 134 Å². The number of aliphatic hydroxyl groups excluding tert-OH is 1. The normalized spacial score (nSPS) is 17.0. The highest BCUT2D eigenvalue weighted by atomic mass is 19.3. The zero-order valence-electron chi connectivity index (χ0n) is 13.0. The lowest BCUT2D eigenvalue weighted by atomic mass is 9.87. The lowest BCUT2D eigenvalue weighted by Crippen LogP contribution is -2.30. The van der Waals surface area contributed by atoms with Gasteiger partial charge >= 0.3 is 6.61 Å². The van der Waals surface area contributed by atoms with Crippen molar-refractivity contribution in [3.8, 4) is 5.75 Å². The molecule has 0 aromatic heterocycles. The number of carbonyl (C=O) groups excluding carboxylic acids is 1. The molecule has 1 amide bonds. The zero-order valence-corrected chi connectivity index (χ0v) is 13.0. The maximum atomic E-state index is 12.2. The van der Waals surface area contributed by atoms with Gasteiger partial charge in [0.25, 0.3) is 0 Å². The Hall–Kier alpha value is -1.69. The number of amides is 1. The third kappa shape index (κ3) is 6.14. The van der Waals surface area contributed by atoms with Crippen molar-refractivity contribution in [2.75, 3.05) is 6.54 Å². The maximum absolute atomic E-state index is 12.2. The predicted molar refractivity (Wildman–Crippen MR) is 82.2 cm³/mol. The summed E-state index contributed by atoms with van der Waals surface area (Å²) < 4.78 is 28.7. The van der Waals surface area contributed by atoms with Crippen LogP contribution in [-0.4, -0.2) is 24.2 Å². The van der Waals surface area contributed by atoms with Crippen LogP contribution in [0, 0.1) is 5.92 Å². The minimum Gasteiger partial charge on any atom is -0.435 e. The van der Waals surface area contributed by atoms with Gasteiger partial charge in [-0.15, -0.1) is 0 Å². The summed E-state index contributed by atoms with van der Waals surface area (Å²) in [6.45, 7) is -2.85. The first kappa shape index (κ1) is 17.7. The van der Waals surface area contributed by atoms with Crippen LogP contribution in [0.25, 0.3) is 0 Å². The van der Waals surface area contributed by atoms with Crippen molar-refractivity contribution in [3.63, 3.8) is 0 Å². The second-order valence-electron chi connectivity index (χ2n) is 5.98. The first-order valence-corrected chi connectivity index (χ1v) is 8.04. The van der Waals surface area contributed by atoms with Crippen molar-refractivity contribution in [2.45, 2.75) is 51.2 Å². The van der Waals surface area contributed by atoms with Gasteiger partial charge in [-0.1, -0.05) is 31.4 Å². The standard InChI is InChI=1S/C17H23F2NO3/c18-17(19)23-14-8-4-7-13(10-14)15(21)11-20-16(22)9-12-5-2-1-3-6-12/h4,7-8,10,12,15,17,21H,1-3,5-6,9,11H2,(H,20,22). The number of hydrogen-bond acceptors (Lipinski definition) is 3. The van der Waals surface area contributed by atoms with E-state index in [-0.39, 0.29) is 18.2 Å². The van der Waals surface area contributed by atoms with Gasteiger partial charge in [0.15, 0.2) is 0 Å². The van der Waals surface area contributed by atoms with Gasteiger partial charge < -0.3 is 15.2 Å². The topological polar surface area (TPSA) is 58.6 Å². The molecule has 1 aliphatic carbocycles. The van der Waals surface area contributed by atoms with Crippen LogP contribution in [0.5, 0.6) is 5.75 Å². The largest absolute Gasteiger partial charge is 0.435 e. The van der Waals surface area contributed by atoms with Crippen LogP contribution in [0.4, 0.5) is 8.78 Å². The van der Waals surface area contributed by atoms with Crippen LogP contribution in [0.1, 0.15) is 50.2 Å². The van der Waals surface area contributed by atoms with E-state index in [1.165, 1.54) is 37.5 Å². The minimum absolute atomic E-state index is 0.00918. The van der Waals surface area contributed by atoms with Crippen molar-refractivity contribution in [1.29, 1.82) is 0 Å². The van der Waals surface area contributed by atoms with E-state index in [1.54, 1.807) is 6.07 Å². The smallest absolute Gasteiger partial charge is 0.387 e. The molecule has 2 rings (SSSR count). The average Bonchev–Trinajstić information content (AvgIpc) is 2.53. The molecule has 1 unspecified atom stereocenters. The lowest BCUT2D eigenvalue weighted by Gasteiger charge is -2.21. The fourth-order valence-corrected chi connectivity index (χ4v) is 2.95. The van der Waals surface area contributed by atoms with E-state index >= 15 is 0 Å². The number of benzene rings is 1. The predicted octanol–water partition coefficient (Wildman–Crippen LogP) is 3.41. The summed E-state index contributed by atoms with van der Waals surface area (Å²) in [6.07, 6.45) is 5.31. The number of ether oxygens (including phenoxy) is 1. The van der Waals surface area contributed by atoms with Gasteiger partial charge in [-0.3, -0.25) is 4.79 Å². The van der Waals surface area contributed by atoms with Crippen LogP contribution >= 0.6 is 0 Å². The van der Waals surface area contributed by atoms with Gasteiger partial charge in [0.1, 0.15) is 5.75 Å². The summed E-state index contributed by atoms with van der Waals surface area (Å²) in [5.74, 6) is 0.352. The van der Waals surface area contributed by atoms with Gasteiger partial charge in [-0.05, 0) is 36.5 Å². The quantitative estimate of drug-likeness (QED) is 0.807. The van der Waals surface area contributed by atoms with Gasteiger partial charge in [0.2, 0.25) is 5.91 Å². The number of alkyl halides is 2. The molecular weight excluding hydrogens is 304 g/mol. The Morgan fingerprint density at radius 3 is 2.74 bits per heavy atom. The lowest BCUT2D eigenvalue weighted by molar-refractivity contribution is -0.122. The molecule has 0 saturated heterocycles. The maximum Gasteiger partial charge on any atom is 0.387 e. The molecule has 1 aromatic rings. The highest BCUT2D eigenvalue weighted by Crippen LogP contribution is 2.26. The van der Waals surface area contributed by atoms with E-state index in [2.05, 4.69) is 10.1 Å². The minimum atomic E-state index is -2.91. The molecule has 6 heteroatoms. The summed E-state index contributed by atoms with van der Waals surface area (Å²) in [6, 6.07) is 5.88. The van der Waals surface area contributed by atoms with E-state index in [1.807, 2.05) is 0 Å². The molecule has 1 fully saturated rings. The summed E-state index contributed by atoms with van der Waals surface area (Å²) in [4.78, 5) is 11.9. The SMILES string of the molecule is O=C(CC1CCCCC1)NCC(O)c1cccc(OC(F)F)c1. The molecule has 4 nitrogen and oxygen atoms in total. The molecule has 0 radical (unpaired) electrons. The van der Waals surface area contributed by atoms with Crippen LogP contribution in [0.2, 0.25) is 0 Å². The van der Waals surface area contributed by atoms with Crippen LogP contribution in [-0.2, 0) is 4.79 Å². The van der Waals surface area contributed by atoms with Crippen molar-refractivity contribution in [3.05, 3.63) is 29.8 Å². The fourth-order valence-electron chi connectivity index (χ4n) is 2.95. The van der Waals surface area contributed by atoms with Crippen LogP contribution in [0.3, 0.4) is 0 Å². The zero-order chi connectivity index (χ0) is 16.7. The molecule has 23 heavy (non-hydrogen) atoms. The second-order valence-corrected chi connectivity index (χ2v) is 5.98. The van der Waals surface area contributed by atoms with Gasteiger partial charge in [-0.25, -0.2) is 0 Å². The first-order chi connectivity index (χ1) is 11.0. The first-order valence-electron chi connectivity index (χ1n) is 8.04. The molecule has 0 heterocycles. The molecule has 1 aromatic carbocycles. The van der Waals surface area contributed by atoms with E-state index < -0.39 is 12.7 Å². The van der Waals surface area contributed by atoms with E-state index in [0.717, 1.165) is 12.8 Å². The third-order valence-electron chi connectivity index (χ3n) is 4.16. The molecule has 128 valence electrons. The molecule has 1 saturated carbocycles. The van der Waals surface area contributed by atoms with Gasteiger partial charge in [-0.2, -0.15) is 8.78 Å².